The van der Waals surface area contributed by atoms with Crippen LogP contribution in [0.4, 0.5) is 5.69 Å². The lowest BCUT2D eigenvalue weighted by atomic mass is 10.1. The molecule has 1 atom stereocenters. The summed E-state index contributed by atoms with van der Waals surface area (Å²) < 4.78 is 5.09. The molecule has 1 aliphatic rings. The predicted octanol–water partition coefficient (Wildman–Crippen LogP) is 1.19. The van der Waals surface area contributed by atoms with E-state index in [-0.39, 0.29) is 11.9 Å². The number of fused-ring (bicyclic) bond motifs is 1. The molecule has 0 aliphatic carbocycles. The van der Waals surface area contributed by atoms with Crippen LogP contribution < -0.4 is 15.4 Å². The number of carbonyl (C=O) groups excluding carboxylic acids is 1. The van der Waals surface area contributed by atoms with Gasteiger partial charge in [0, 0.05) is 30.3 Å². The Morgan fingerprint density at radius 2 is 2.41 bits per heavy atom. The third kappa shape index (κ3) is 2.22. The van der Waals surface area contributed by atoms with Gasteiger partial charge in [0.2, 0.25) is 5.91 Å². The molecule has 5 nitrogen and oxygen atoms in total. The molecule has 0 saturated carbocycles. The quantitative estimate of drug-likeness (QED) is 0.763. The lowest BCUT2D eigenvalue weighted by Crippen LogP contribution is -2.28. The van der Waals surface area contributed by atoms with Crippen LogP contribution >= 0.6 is 0 Å². The maximum absolute atomic E-state index is 11.7. The number of methoxy groups -OCH3 is 1. The summed E-state index contributed by atoms with van der Waals surface area (Å²) in [5, 5.41) is 14.3. The first-order chi connectivity index (χ1) is 8.26. The summed E-state index contributed by atoms with van der Waals surface area (Å²) in [5.74, 6) is 0.618. The van der Waals surface area contributed by atoms with Crippen molar-refractivity contribution in [3.8, 4) is 11.8 Å². The molecule has 17 heavy (non-hydrogen) atoms. The highest BCUT2D eigenvalue weighted by Crippen LogP contribution is 2.33. The lowest BCUT2D eigenvalue weighted by Gasteiger charge is -2.09. The fourth-order valence-corrected chi connectivity index (χ4v) is 1.84. The number of ether oxygens (including phenoxy) is 1. The summed E-state index contributed by atoms with van der Waals surface area (Å²) in [6, 6.07) is 7.13. The van der Waals surface area contributed by atoms with E-state index in [1.807, 2.05) is 18.2 Å². The second kappa shape index (κ2) is 4.85. The van der Waals surface area contributed by atoms with Crippen molar-refractivity contribution in [2.24, 2.45) is 0 Å². The standard InChI is InChI=1S/C12H13N3O2/c1-17-8-3-4-9-10(7-8)15-12(16)11(9)14-6-2-5-13/h3-4,7,11,14H,2,6H2,1H3,(H,15,16). The predicted molar refractivity (Wildman–Crippen MR) is 62.6 cm³/mol. The van der Waals surface area contributed by atoms with E-state index in [4.69, 9.17) is 10.00 Å². The van der Waals surface area contributed by atoms with Crippen LogP contribution in [0.2, 0.25) is 0 Å². The Balaban J connectivity index is 2.17. The molecule has 88 valence electrons. The summed E-state index contributed by atoms with van der Waals surface area (Å²) in [6.45, 7) is 0.500. The molecule has 0 saturated heterocycles. The first-order valence-electron chi connectivity index (χ1n) is 5.35. The molecule has 5 heteroatoms. The highest BCUT2D eigenvalue weighted by atomic mass is 16.5. The highest BCUT2D eigenvalue weighted by molar-refractivity contribution is 6.02. The number of amides is 1. The van der Waals surface area contributed by atoms with Crippen LogP contribution in [0, 0.1) is 11.3 Å². The lowest BCUT2D eigenvalue weighted by molar-refractivity contribution is -0.117. The zero-order chi connectivity index (χ0) is 12.3. The Morgan fingerprint density at radius 1 is 1.59 bits per heavy atom. The highest BCUT2D eigenvalue weighted by Gasteiger charge is 2.29. The minimum absolute atomic E-state index is 0.0915. The van der Waals surface area contributed by atoms with Gasteiger partial charge < -0.3 is 15.4 Å². The van der Waals surface area contributed by atoms with Crippen LogP contribution in [0.25, 0.3) is 0 Å². The largest absolute Gasteiger partial charge is 0.497 e. The van der Waals surface area contributed by atoms with Crippen LogP contribution in [0.1, 0.15) is 18.0 Å². The number of rotatable bonds is 4. The number of benzene rings is 1. The number of nitriles is 1. The van der Waals surface area contributed by atoms with Crippen molar-refractivity contribution in [1.29, 1.82) is 5.26 Å². The van der Waals surface area contributed by atoms with Gasteiger partial charge in [-0.25, -0.2) is 0 Å². The van der Waals surface area contributed by atoms with E-state index < -0.39 is 0 Å². The maximum Gasteiger partial charge on any atom is 0.246 e. The summed E-state index contributed by atoms with van der Waals surface area (Å²) in [7, 11) is 1.58. The van der Waals surface area contributed by atoms with Crippen molar-refractivity contribution in [3.05, 3.63) is 23.8 Å². The molecule has 2 rings (SSSR count). The Bertz CT molecular complexity index is 479. The fourth-order valence-electron chi connectivity index (χ4n) is 1.84. The van der Waals surface area contributed by atoms with E-state index in [1.54, 1.807) is 13.2 Å². The van der Waals surface area contributed by atoms with Gasteiger partial charge in [0.15, 0.2) is 0 Å². The van der Waals surface area contributed by atoms with Gasteiger partial charge in [0.1, 0.15) is 11.8 Å². The van der Waals surface area contributed by atoms with E-state index in [2.05, 4.69) is 10.6 Å². The minimum atomic E-state index is -0.371. The van der Waals surface area contributed by atoms with Crippen LogP contribution in [-0.2, 0) is 4.79 Å². The van der Waals surface area contributed by atoms with Gasteiger partial charge in [-0.15, -0.1) is 0 Å². The summed E-state index contributed by atoms with van der Waals surface area (Å²) in [4.78, 5) is 11.7. The van der Waals surface area contributed by atoms with Crippen molar-refractivity contribution < 1.29 is 9.53 Å². The second-order valence-corrected chi connectivity index (χ2v) is 3.74. The van der Waals surface area contributed by atoms with Crippen molar-refractivity contribution in [1.82, 2.24) is 5.32 Å². The number of nitrogens with one attached hydrogen (secondary N) is 2. The SMILES string of the molecule is COc1ccc2c(c1)NC(=O)C2NCCC#N. The monoisotopic (exact) mass is 231 g/mol. The molecule has 1 aliphatic heterocycles. The number of hydrogen-bond donors (Lipinski definition) is 2. The van der Waals surface area contributed by atoms with E-state index in [1.165, 1.54) is 0 Å². The molecule has 0 radical (unpaired) electrons. The summed E-state index contributed by atoms with van der Waals surface area (Å²) in [6.07, 6.45) is 0.384. The van der Waals surface area contributed by atoms with Crippen molar-refractivity contribution in [3.63, 3.8) is 0 Å². The number of nitrogens with zero attached hydrogens (tertiary/aromatic N) is 1. The van der Waals surface area contributed by atoms with Gasteiger partial charge >= 0.3 is 0 Å². The van der Waals surface area contributed by atoms with Gasteiger partial charge in [0.05, 0.1) is 13.2 Å². The average molecular weight is 231 g/mol. The van der Waals surface area contributed by atoms with E-state index in [0.717, 1.165) is 11.3 Å². The molecule has 1 aromatic carbocycles. The van der Waals surface area contributed by atoms with Gasteiger partial charge in [-0.3, -0.25) is 4.79 Å². The third-order valence-corrected chi connectivity index (χ3v) is 2.68. The van der Waals surface area contributed by atoms with Crippen LogP contribution in [0.15, 0.2) is 18.2 Å². The molecule has 1 amide bonds. The van der Waals surface area contributed by atoms with Crippen LogP contribution in [-0.4, -0.2) is 19.6 Å². The molecular formula is C12H13N3O2. The van der Waals surface area contributed by atoms with Crippen molar-refractivity contribution >= 4 is 11.6 Å². The molecule has 0 aromatic heterocycles. The Labute approximate surface area is 99.4 Å². The van der Waals surface area contributed by atoms with Gasteiger partial charge in [-0.05, 0) is 6.07 Å². The Hall–Kier alpha value is -2.06. The first kappa shape index (κ1) is 11.4. The van der Waals surface area contributed by atoms with E-state index >= 15 is 0 Å². The molecule has 1 aromatic rings. The first-order valence-corrected chi connectivity index (χ1v) is 5.35. The number of carbonyl (C=O) groups is 1. The minimum Gasteiger partial charge on any atom is -0.497 e. The Kier molecular flexibility index (Phi) is 3.26. The van der Waals surface area contributed by atoms with Crippen molar-refractivity contribution in [2.45, 2.75) is 12.5 Å². The maximum atomic E-state index is 11.7. The molecule has 1 heterocycles. The number of anilines is 1. The second-order valence-electron chi connectivity index (χ2n) is 3.74. The van der Waals surface area contributed by atoms with E-state index in [9.17, 15) is 4.79 Å². The normalized spacial score (nSPS) is 17.2. The smallest absolute Gasteiger partial charge is 0.246 e. The van der Waals surface area contributed by atoms with Gasteiger partial charge in [-0.1, -0.05) is 6.07 Å². The van der Waals surface area contributed by atoms with E-state index in [0.29, 0.717) is 18.7 Å². The average Bonchev–Trinajstić information content (AvgIpc) is 2.65. The Morgan fingerprint density at radius 3 is 3.12 bits per heavy atom. The molecule has 1 unspecified atom stereocenters. The molecule has 0 spiro atoms. The van der Waals surface area contributed by atoms with Crippen LogP contribution in [0.3, 0.4) is 0 Å². The summed E-state index contributed by atoms with van der Waals surface area (Å²) in [5.41, 5.74) is 1.66. The molecule has 0 bridgehead atoms. The van der Waals surface area contributed by atoms with Crippen molar-refractivity contribution in [2.75, 3.05) is 19.0 Å². The summed E-state index contributed by atoms with van der Waals surface area (Å²) >= 11 is 0. The van der Waals surface area contributed by atoms with Gasteiger partial charge in [-0.2, -0.15) is 5.26 Å². The van der Waals surface area contributed by atoms with Crippen LogP contribution in [0.5, 0.6) is 5.75 Å². The topological polar surface area (TPSA) is 74.2 Å². The van der Waals surface area contributed by atoms with Gasteiger partial charge in [0.25, 0.3) is 0 Å². The molecular weight excluding hydrogens is 218 g/mol. The zero-order valence-corrected chi connectivity index (χ0v) is 9.49. The fraction of sp³-hybridized carbons (Fsp3) is 0.333. The molecule has 2 N–H and O–H groups in total. The number of hydrogen-bond acceptors (Lipinski definition) is 4. The third-order valence-electron chi connectivity index (χ3n) is 2.68. The molecule has 0 fully saturated rings. The zero-order valence-electron chi connectivity index (χ0n) is 9.49.